The molecule has 0 spiro atoms. The van der Waals surface area contributed by atoms with Gasteiger partial charge in [-0.25, -0.2) is 0 Å². The van der Waals surface area contributed by atoms with Gasteiger partial charge in [0.15, 0.2) is 11.5 Å². The highest BCUT2D eigenvalue weighted by molar-refractivity contribution is 5.99. The SMILES string of the molecule is Cc1ccccc1N1C(=O)CN(C(=O)[C@@H]2COc3ccccc3O2)C[C@H]1C. The van der Waals surface area contributed by atoms with E-state index in [2.05, 4.69) is 0 Å². The molecule has 2 aliphatic rings. The van der Waals surface area contributed by atoms with Gasteiger partial charge in [-0.3, -0.25) is 9.59 Å². The van der Waals surface area contributed by atoms with Crippen LogP contribution in [0.15, 0.2) is 48.5 Å². The minimum absolute atomic E-state index is 0.0407. The van der Waals surface area contributed by atoms with Gasteiger partial charge in [0, 0.05) is 12.2 Å². The first kappa shape index (κ1) is 17.4. The normalized spacial score (nSPS) is 21.9. The van der Waals surface area contributed by atoms with Crippen molar-refractivity contribution in [3.8, 4) is 11.5 Å². The fraction of sp³-hybridized carbons (Fsp3) is 0.333. The van der Waals surface area contributed by atoms with Gasteiger partial charge in [-0.05, 0) is 37.6 Å². The summed E-state index contributed by atoms with van der Waals surface area (Å²) in [6.07, 6.45) is -0.732. The van der Waals surface area contributed by atoms with Gasteiger partial charge in [0.1, 0.15) is 13.2 Å². The lowest BCUT2D eigenvalue weighted by Gasteiger charge is -2.41. The Labute approximate surface area is 158 Å². The molecule has 0 unspecified atom stereocenters. The number of benzene rings is 2. The summed E-state index contributed by atoms with van der Waals surface area (Å²) in [6, 6.07) is 15.0. The van der Waals surface area contributed by atoms with Gasteiger partial charge in [0.05, 0.1) is 6.04 Å². The average Bonchev–Trinajstić information content (AvgIpc) is 2.68. The van der Waals surface area contributed by atoms with E-state index in [1.807, 2.05) is 56.3 Å². The van der Waals surface area contributed by atoms with E-state index >= 15 is 0 Å². The fourth-order valence-corrected chi connectivity index (χ4v) is 3.67. The molecule has 0 bridgehead atoms. The quantitative estimate of drug-likeness (QED) is 0.819. The number of fused-ring (bicyclic) bond motifs is 1. The number of piperazine rings is 1. The van der Waals surface area contributed by atoms with Crippen LogP contribution in [0.25, 0.3) is 0 Å². The topological polar surface area (TPSA) is 59.1 Å². The Morgan fingerprint density at radius 1 is 1.07 bits per heavy atom. The second-order valence-electron chi connectivity index (χ2n) is 6.98. The number of carbonyl (C=O) groups excluding carboxylic acids is 2. The lowest BCUT2D eigenvalue weighted by molar-refractivity contribution is -0.145. The molecule has 0 aromatic heterocycles. The van der Waals surface area contributed by atoms with E-state index in [1.54, 1.807) is 15.9 Å². The zero-order valence-electron chi connectivity index (χ0n) is 15.4. The zero-order valence-corrected chi connectivity index (χ0v) is 15.4. The average molecular weight is 366 g/mol. The summed E-state index contributed by atoms with van der Waals surface area (Å²) < 4.78 is 11.4. The standard InChI is InChI=1S/C21H22N2O4/c1-14-7-3-4-8-16(14)23-15(2)11-22(12-20(23)24)21(25)19-13-26-17-9-5-6-10-18(17)27-19/h3-10,15,19H,11-13H2,1-2H3/t15-,19+/m1/s1. The Morgan fingerprint density at radius 2 is 1.78 bits per heavy atom. The summed E-state index contributed by atoms with van der Waals surface area (Å²) in [7, 11) is 0. The molecule has 0 saturated carbocycles. The molecule has 0 radical (unpaired) electrons. The molecule has 6 heteroatoms. The smallest absolute Gasteiger partial charge is 0.267 e. The highest BCUT2D eigenvalue weighted by Gasteiger charge is 2.38. The Hall–Kier alpha value is -3.02. The molecule has 1 fully saturated rings. The first-order chi connectivity index (χ1) is 13.0. The molecule has 27 heavy (non-hydrogen) atoms. The van der Waals surface area contributed by atoms with E-state index in [-0.39, 0.29) is 31.0 Å². The molecule has 2 aromatic carbocycles. The van der Waals surface area contributed by atoms with Gasteiger partial charge in [-0.2, -0.15) is 0 Å². The van der Waals surface area contributed by atoms with Crippen LogP contribution in [-0.2, 0) is 9.59 Å². The third-order valence-corrected chi connectivity index (χ3v) is 4.99. The fourth-order valence-electron chi connectivity index (χ4n) is 3.67. The summed E-state index contributed by atoms with van der Waals surface area (Å²) in [5.74, 6) is 0.887. The van der Waals surface area contributed by atoms with Crippen LogP contribution in [0.3, 0.4) is 0 Å². The Kier molecular flexibility index (Phi) is 4.48. The van der Waals surface area contributed by atoms with E-state index < -0.39 is 6.10 Å². The Morgan fingerprint density at radius 3 is 2.52 bits per heavy atom. The molecule has 2 aromatic rings. The maximum atomic E-state index is 12.9. The van der Waals surface area contributed by atoms with Crippen molar-refractivity contribution in [2.45, 2.75) is 26.0 Å². The second kappa shape index (κ2) is 6.95. The molecule has 4 rings (SSSR count). The van der Waals surface area contributed by atoms with Crippen LogP contribution in [0.4, 0.5) is 5.69 Å². The van der Waals surface area contributed by atoms with Crippen LogP contribution < -0.4 is 14.4 Å². The summed E-state index contributed by atoms with van der Waals surface area (Å²) in [6.45, 7) is 4.59. The van der Waals surface area contributed by atoms with Gasteiger partial charge in [0.25, 0.3) is 5.91 Å². The molecular formula is C21H22N2O4. The van der Waals surface area contributed by atoms with Gasteiger partial charge >= 0.3 is 0 Å². The number of hydrogen-bond acceptors (Lipinski definition) is 4. The van der Waals surface area contributed by atoms with Gasteiger partial charge in [-0.15, -0.1) is 0 Å². The van der Waals surface area contributed by atoms with Crippen molar-refractivity contribution in [2.75, 3.05) is 24.6 Å². The summed E-state index contributed by atoms with van der Waals surface area (Å²) in [5.41, 5.74) is 1.94. The van der Waals surface area contributed by atoms with Crippen LogP contribution >= 0.6 is 0 Å². The maximum Gasteiger partial charge on any atom is 0.267 e. The number of hydrogen-bond donors (Lipinski definition) is 0. The summed E-state index contributed by atoms with van der Waals surface area (Å²) >= 11 is 0. The number of nitrogens with zero attached hydrogens (tertiary/aromatic N) is 2. The van der Waals surface area contributed by atoms with Crippen molar-refractivity contribution in [2.24, 2.45) is 0 Å². The zero-order chi connectivity index (χ0) is 19.0. The van der Waals surface area contributed by atoms with E-state index in [0.717, 1.165) is 11.3 Å². The second-order valence-corrected chi connectivity index (χ2v) is 6.98. The van der Waals surface area contributed by atoms with Crippen molar-refractivity contribution in [3.63, 3.8) is 0 Å². The highest BCUT2D eigenvalue weighted by atomic mass is 16.6. The predicted octanol–water partition coefficient (Wildman–Crippen LogP) is 2.40. The molecular weight excluding hydrogens is 344 g/mol. The molecule has 2 aliphatic heterocycles. The molecule has 0 aliphatic carbocycles. The number of anilines is 1. The van der Waals surface area contributed by atoms with E-state index in [9.17, 15) is 9.59 Å². The number of aryl methyl sites for hydroxylation is 1. The van der Waals surface area contributed by atoms with Crippen molar-refractivity contribution in [3.05, 3.63) is 54.1 Å². The highest BCUT2D eigenvalue weighted by Crippen LogP contribution is 2.32. The van der Waals surface area contributed by atoms with E-state index in [0.29, 0.717) is 18.0 Å². The number of para-hydroxylation sites is 3. The molecule has 2 heterocycles. The number of carbonyl (C=O) groups is 2. The first-order valence-corrected chi connectivity index (χ1v) is 9.09. The van der Waals surface area contributed by atoms with Crippen molar-refractivity contribution >= 4 is 17.5 Å². The van der Waals surface area contributed by atoms with Crippen molar-refractivity contribution < 1.29 is 19.1 Å². The van der Waals surface area contributed by atoms with Crippen LogP contribution in [0.5, 0.6) is 11.5 Å². The number of rotatable bonds is 2. The summed E-state index contributed by atoms with van der Waals surface area (Å²) in [4.78, 5) is 29.1. The molecule has 2 amide bonds. The molecule has 2 atom stereocenters. The Balaban J connectivity index is 1.48. The van der Waals surface area contributed by atoms with Gasteiger partial charge < -0.3 is 19.3 Å². The third-order valence-electron chi connectivity index (χ3n) is 4.99. The van der Waals surface area contributed by atoms with E-state index in [1.165, 1.54) is 0 Å². The predicted molar refractivity (Wildman–Crippen MR) is 101 cm³/mol. The number of ether oxygens (including phenoxy) is 2. The largest absolute Gasteiger partial charge is 0.485 e. The Bertz CT molecular complexity index is 882. The van der Waals surface area contributed by atoms with E-state index in [4.69, 9.17) is 9.47 Å². The first-order valence-electron chi connectivity index (χ1n) is 9.09. The van der Waals surface area contributed by atoms with Gasteiger partial charge in [0.2, 0.25) is 12.0 Å². The summed E-state index contributed by atoms with van der Waals surface area (Å²) in [5, 5.41) is 0. The van der Waals surface area contributed by atoms with Crippen molar-refractivity contribution in [1.82, 2.24) is 4.90 Å². The molecule has 0 N–H and O–H groups in total. The van der Waals surface area contributed by atoms with Crippen molar-refractivity contribution in [1.29, 1.82) is 0 Å². The maximum absolute atomic E-state index is 12.9. The van der Waals surface area contributed by atoms with Crippen LogP contribution in [0.2, 0.25) is 0 Å². The van der Waals surface area contributed by atoms with Gasteiger partial charge in [-0.1, -0.05) is 30.3 Å². The minimum atomic E-state index is -0.732. The molecule has 1 saturated heterocycles. The third kappa shape index (κ3) is 3.23. The lowest BCUT2D eigenvalue weighted by Crippen LogP contribution is -2.60. The molecule has 140 valence electrons. The number of amides is 2. The lowest BCUT2D eigenvalue weighted by atomic mass is 10.1. The van der Waals surface area contributed by atoms with Crippen LogP contribution in [0.1, 0.15) is 12.5 Å². The monoisotopic (exact) mass is 366 g/mol. The van der Waals surface area contributed by atoms with Crippen LogP contribution in [0, 0.1) is 6.92 Å². The van der Waals surface area contributed by atoms with Crippen LogP contribution in [-0.4, -0.2) is 48.6 Å². The minimum Gasteiger partial charge on any atom is -0.485 e. The molecule has 6 nitrogen and oxygen atoms in total.